The van der Waals surface area contributed by atoms with Crippen LogP contribution in [0, 0.1) is 0 Å². The number of benzene rings is 1. The van der Waals surface area contributed by atoms with Gasteiger partial charge in [0.1, 0.15) is 0 Å². The van der Waals surface area contributed by atoms with Crippen LogP contribution in [0.5, 0.6) is 0 Å². The first-order valence-corrected chi connectivity index (χ1v) is 8.48. The third-order valence-corrected chi connectivity index (χ3v) is 4.38. The number of aromatic nitrogens is 3. The van der Waals surface area contributed by atoms with Crippen LogP contribution in [0.4, 0.5) is 0 Å². The van der Waals surface area contributed by atoms with Crippen molar-refractivity contribution >= 4 is 0 Å². The van der Waals surface area contributed by atoms with Crippen molar-refractivity contribution in [3.63, 3.8) is 0 Å². The molecule has 1 atom stereocenters. The van der Waals surface area contributed by atoms with Crippen molar-refractivity contribution in [2.45, 2.75) is 19.0 Å². The van der Waals surface area contributed by atoms with E-state index in [2.05, 4.69) is 40.4 Å². The lowest BCUT2D eigenvalue weighted by Gasteiger charge is -2.28. The number of nitrogens with zero attached hydrogens (tertiary/aromatic N) is 4. The number of hydrogen-bond donors (Lipinski definition) is 1. The zero-order valence-corrected chi connectivity index (χ0v) is 14.7. The van der Waals surface area contributed by atoms with Crippen LogP contribution in [0.15, 0.2) is 61.1 Å². The third-order valence-electron chi connectivity index (χ3n) is 4.38. The minimum atomic E-state index is 0.159. The fourth-order valence-corrected chi connectivity index (χ4v) is 3.22. The molecule has 130 valence electrons. The van der Waals surface area contributed by atoms with Crippen LogP contribution in [0.3, 0.4) is 0 Å². The lowest BCUT2D eigenvalue weighted by molar-refractivity contribution is 0.180. The van der Waals surface area contributed by atoms with Gasteiger partial charge in [-0.25, -0.2) is 0 Å². The Kier molecular flexibility index (Phi) is 5.58. The first-order chi connectivity index (χ1) is 12.2. The van der Waals surface area contributed by atoms with E-state index < -0.39 is 0 Å². The molecule has 0 amide bonds. The van der Waals surface area contributed by atoms with Gasteiger partial charge in [-0.1, -0.05) is 30.3 Å². The SMILES string of the molecule is CN(Cc1cn(C)nc1-c1cccnc1)C(CCO)c1ccccc1. The molecule has 0 spiro atoms. The fourth-order valence-electron chi connectivity index (χ4n) is 3.22. The monoisotopic (exact) mass is 336 g/mol. The van der Waals surface area contributed by atoms with Crippen LogP contribution < -0.4 is 0 Å². The van der Waals surface area contributed by atoms with Gasteiger partial charge in [0.2, 0.25) is 0 Å². The number of pyridine rings is 1. The molecule has 0 aliphatic heterocycles. The van der Waals surface area contributed by atoms with E-state index in [1.165, 1.54) is 5.56 Å². The summed E-state index contributed by atoms with van der Waals surface area (Å²) < 4.78 is 1.84. The topological polar surface area (TPSA) is 54.2 Å². The van der Waals surface area contributed by atoms with E-state index in [0.29, 0.717) is 6.42 Å². The summed E-state index contributed by atoms with van der Waals surface area (Å²) in [5.41, 5.74) is 4.34. The van der Waals surface area contributed by atoms with Crippen LogP contribution in [0.1, 0.15) is 23.6 Å². The molecule has 0 aliphatic carbocycles. The van der Waals surface area contributed by atoms with Crippen molar-refractivity contribution in [2.75, 3.05) is 13.7 Å². The van der Waals surface area contributed by atoms with Gasteiger partial charge in [0.15, 0.2) is 0 Å². The summed E-state index contributed by atoms with van der Waals surface area (Å²) in [7, 11) is 4.03. The Labute approximate surface area is 148 Å². The van der Waals surface area contributed by atoms with Gasteiger partial charge >= 0.3 is 0 Å². The Balaban J connectivity index is 1.86. The quantitative estimate of drug-likeness (QED) is 0.720. The van der Waals surface area contributed by atoms with Crippen molar-refractivity contribution < 1.29 is 5.11 Å². The molecule has 3 aromatic rings. The zero-order valence-electron chi connectivity index (χ0n) is 14.7. The molecule has 0 saturated carbocycles. The highest BCUT2D eigenvalue weighted by atomic mass is 16.3. The lowest BCUT2D eigenvalue weighted by atomic mass is 10.0. The number of aliphatic hydroxyl groups excluding tert-OH is 1. The van der Waals surface area contributed by atoms with Gasteiger partial charge in [-0.05, 0) is 31.2 Å². The minimum Gasteiger partial charge on any atom is -0.396 e. The van der Waals surface area contributed by atoms with E-state index in [0.717, 1.165) is 23.4 Å². The molecule has 5 nitrogen and oxygen atoms in total. The van der Waals surface area contributed by atoms with E-state index in [-0.39, 0.29) is 12.6 Å². The molecular weight excluding hydrogens is 312 g/mol. The normalized spacial score (nSPS) is 12.5. The molecule has 5 heteroatoms. The maximum Gasteiger partial charge on any atom is 0.0983 e. The fraction of sp³-hybridized carbons (Fsp3) is 0.300. The van der Waals surface area contributed by atoms with Gasteiger partial charge in [-0.2, -0.15) is 5.10 Å². The van der Waals surface area contributed by atoms with Gasteiger partial charge in [0.05, 0.1) is 5.69 Å². The van der Waals surface area contributed by atoms with Crippen LogP contribution in [0.25, 0.3) is 11.3 Å². The molecule has 1 N–H and O–H groups in total. The molecule has 0 bridgehead atoms. The molecule has 2 heterocycles. The highest BCUT2D eigenvalue weighted by Gasteiger charge is 2.19. The van der Waals surface area contributed by atoms with Gasteiger partial charge in [0, 0.05) is 56.0 Å². The smallest absolute Gasteiger partial charge is 0.0983 e. The molecule has 0 fully saturated rings. The first kappa shape index (κ1) is 17.3. The molecule has 0 aliphatic rings. The predicted molar refractivity (Wildman–Crippen MR) is 98.8 cm³/mol. The second-order valence-corrected chi connectivity index (χ2v) is 6.27. The minimum absolute atomic E-state index is 0.159. The predicted octanol–water partition coefficient (Wildman–Crippen LogP) is 3.04. The number of rotatable bonds is 7. The Morgan fingerprint density at radius 1 is 1.16 bits per heavy atom. The lowest BCUT2D eigenvalue weighted by Crippen LogP contribution is -2.25. The van der Waals surface area contributed by atoms with Gasteiger partial charge in [0.25, 0.3) is 0 Å². The summed E-state index contributed by atoms with van der Waals surface area (Å²) >= 11 is 0. The Bertz CT molecular complexity index is 786. The van der Waals surface area contributed by atoms with Crippen molar-refractivity contribution in [3.05, 3.63) is 72.2 Å². The van der Waals surface area contributed by atoms with Crippen molar-refractivity contribution in [2.24, 2.45) is 7.05 Å². The van der Waals surface area contributed by atoms with Crippen LogP contribution in [0.2, 0.25) is 0 Å². The summed E-state index contributed by atoms with van der Waals surface area (Å²) in [6.07, 6.45) is 6.36. The summed E-state index contributed by atoms with van der Waals surface area (Å²) in [5.74, 6) is 0. The summed E-state index contributed by atoms with van der Waals surface area (Å²) in [5, 5.41) is 14.1. The van der Waals surface area contributed by atoms with E-state index in [9.17, 15) is 5.11 Å². The van der Waals surface area contributed by atoms with Gasteiger partial charge in [-0.3, -0.25) is 14.6 Å². The molecule has 0 saturated heterocycles. The van der Waals surface area contributed by atoms with Crippen LogP contribution in [-0.2, 0) is 13.6 Å². The van der Waals surface area contributed by atoms with Crippen molar-refractivity contribution in [1.82, 2.24) is 19.7 Å². The first-order valence-electron chi connectivity index (χ1n) is 8.48. The largest absolute Gasteiger partial charge is 0.396 e. The van der Waals surface area contributed by atoms with Crippen molar-refractivity contribution in [3.8, 4) is 11.3 Å². The van der Waals surface area contributed by atoms with Gasteiger partial charge < -0.3 is 5.11 Å². The summed E-state index contributed by atoms with van der Waals surface area (Å²) in [4.78, 5) is 6.47. The van der Waals surface area contributed by atoms with Crippen molar-refractivity contribution in [1.29, 1.82) is 0 Å². The highest BCUT2D eigenvalue weighted by molar-refractivity contribution is 5.61. The van der Waals surface area contributed by atoms with E-state index in [1.807, 2.05) is 48.3 Å². The molecule has 25 heavy (non-hydrogen) atoms. The Hall–Kier alpha value is -2.50. The Morgan fingerprint density at radius 2 is 1.96 bits per heavy atom. The van der Waals surface area contributed by atoms with Gasteiger partial charge in [-0.15, -0.1) is 0 Å². The summed E-state index contributed by atoms with van der Waals surface area (Å²) in [6.45, 7) is 0.907. The van der Waals surface area contributed by atoms with Crippen LogP contribution in [-0.4, -0.2) is 38.4 Å². The van der Waals surface area contributed by atoms with E-state index in [4.69, 9.17) is 0 Å². The highest BCUT2D eigenvalue weighted by Crippen LogP contribution is 2.27. The van der Waals surface area contributed by atoms with E-state index >= 15 is 0 Å². The third kappa shape index (κ3) is 4.13. The molecule has 1 aromatic carbocycles. The molecular formula is C20H24N4O. The van der Waals surface area contributed by atoms with Crippen LogP contribution >= 0.6 is 0 Å². The average Bonchev–Trinajstić information content (AvgIpc) is 3.01. The maximum atomic E-state index is 9.50. The second kappa shape index (κ2) is 8.05. The standard InChI is InChI=1S/C20H24N4O/c1-23(19(10-12-25)16-7-4-3-5-8-16)14-18-15-24(2)22-20(18)17-9-6-11-21-13-17/h3-9,11,13,15,19,25H,10,12,14H2,1-2H3. The summed E-state index contributed by atoms with van der Waals surface area (Å²) in [6, 6.07) is 14.4. The second-order valence-electron chi connectivity index (χ2n) is 6.27. The molecule has 1 unspecified atom stereocenters. The average molecular weight is 336 g/mol. The van der Waals surface area contributed by atoms with E-state index in [1.54, 1.807) is 6.20 Å². The number of aliphatic hydroxyl groups is 1. The Morgan fingerprint density at radius 3 is 2.64 bits per heavy atom. The number of hydrogen-bond acceptors (Lipinski definition) is 4. The molecule has 3 rings (SSSR count). The molecule has 0 radical (unpaired) electrons. The number of aryl methyl sites for hydroxylation is 1. The molecule has 2 aromatic heterocycles. The maximum absolute atomic E-state index is 9.50. The zero-order chi connectivity index (χ0) is 17.6.